The van der Waals surface area contributed by atoms with Crippen molar-refractivity contribution in [3.63, 3.8) is 0 Å². The van der Waals surface area contributed by atoms with E-state index in [0.29, 0.717) is 15.6 Å². The van der Waals surface area contributed by atoms with Crippen molar-refractivity contribution < 1.29 is 14.0 Å². The van der Waals surface area contributed by atoms with Gasteiger partial charge in [0.05, 0.1) is 16.8 Å². The maximum Gasteiger partial charge on any atom is 0.266 e. The summed E-state index contributed by atoms with van der Waals surface area (Å²) in [5.74, 6) is -1.62. The molecule has 3 nitrogen and oxygen atoms in total. The maximum atomic E-state index is 13.8. The zero-order valence-electron chi connectivity index (χ0n) is 9.56. The van der Waals surface area contributed by atoms with E-state index in [9.17, 15) is 14.0 Å². The minimum absolute atomic E-state index is 0.0411. The molecule has 0 aliphatic carbocycles. The topological polar surface area (TPSA) is 37.4 Å². The van der Waals surface area contributed by atoms with Crippen LogP contribution in [0.15, 0.2) is 46.9 Å². The van der Waals surface area contributed by atoms with E-state index in [4.69, 9.17) is 0 Å². The molecule has 0 saturated carbocycles. The quantitative estimate of drug-likeness (QED) is 0.755. The van der Waals surface area contributed by atoms with Gasteiger partial charge in [-0.05, 0) is 30.3 Å². The maximum absolute atomic E-state index is 13.8. The van der Waals surface area contributed by atoms with Gasteiger partial charge >= 0.3 is 0 Å². The fraction of sp³-hybridized carbons (Fsp3) is 0. The second kappa shape index (κ2) is 4.28. The average molecular weight is 320 g/mol. The molecule has 0 unspecified atom stereocenters. The molecule has 19 heavy (non-hydrogen) atoms. The first-order valence-corrected chi connectivity index (χ1v) is 6.32. The first-order valence-electron chi connectivity index (χ1n) is 5.52. The van der Waals surface area contributed by atoms with Crippen LogP contribution in [0.3, 0.4) is 0 Å². The van der Waals surface area contributed by atoms with Crippen molar-refractivity contribution >= 4 is 33.4 Å². The Morgan fingerprint density at radius 2 is 1.53 bits per heavy atom. The number of hydrogen-bond donors (Lipinski definition) is 0. The van der Waals surface area contributed by atoms with Gasteiger partial charge in [0.1, 0.15) is 5.82 Å². The molecule has 0 aromatic heterocycles. The largest absolute Gasteiger partial charge is 0.268 e. The Hall–Kier alpha value is -2.01. The van der Waals surface area contributed by atoms with Crippen LogP contribution >= 0.6 is 15.9 Å². The molecule has 0 spiro atoms. The van der Waals surface area contributed by atoms with Crippen molar-refractivity contribution in [2.75, 3.05) is 4.90 Å². The minimum Gasteiger partial charge on any atom is -0.268 e. The molecule has 0 atom stereocenters. The highest BCUT2D eigenvalue weighted by Gasteiger charge is 2.37. The lowest BCUT2D eigenvalue weighted by atomic mass is 10.1. The predicted octanol–water partition coefficient (Wildman–Crippen LogP) is 3.39. The van der Waals surface area contributed by atoms with Gasteiger partial charge < -0.3 is 0 Å². The van der Waals surface area contributed by atoms with Gasteiger partial charge in [-0.15, -0.1) is 0 Å². The summed E-state index contributed by atoms with van der Waals surface area (Å²) in [4.78, 5) is 25.3. The summed E-state index contributed by atoms with van der Waals surface area (Å²) in [5, 5.41) is 0. The van der Waals surface area contributed by atoms with Crippen molar-refractivity contribution in [2.45, 2.75) is 0 Å². The zero-order valence-corrected chi connectivity index (χ0v) is 11.1. The first-order chi connectivity index (χ1) is 9.09. The molecule has 2 amide bonds. The van der Waals surface area contributed by atoms with Gasteiger partial charge in [-0.25, -0.2) is 9.29 Å². The number of anilines is 1. The highest BCUT2D eigenvalue weighted by atomic mass is 79.9. The molecule has 2 aromatic rings. The number of rotatable bonds is 1. The lowest BCUT2D eigenvalue weighted by Gasteiger charge is -2.14. The summed E-state index contributed by atoms with van der Waals surface area (Å²) in [5.41, 5.74) is 0.555. The van der Waals surface area contributed by atoms with Crippen molar-refractivity contribution in [1.29, 1.82) is 0 Å². The van der Waals surface area contributed by atoms with Crippen LogP contribution in [0, 0.1) is 5.82 Å². The fourth-order valence-corrected chi connectivity index (χ4v) is 2.41. The Kier molecular flexibility index (Phi) is 2.71. The van der Waals surface area contributed by atoms with E-state index in [1.54, 1.807) is 24.3 Å². The molecular formula is C14H7BrFNO2. The van der Waals surface area contributed by atoms with Crippen LogP contribution in [0.25, 0.3) is 0 Å². The van der Waals surface area contributed by atoms with Gasteiger partial charge in [0.15, 0.2) is 0 Å². The summed E-state index contributed by atoms with van der Waals surface area (Å²) in [6.45, 7) is 0. The third kappa shape index (κ3) is 1.77. The summed E-state index contributed by atoms with van der Waals surface area (Å²) in [6, 6.07) is 10.6. The van der Waals surface area contributed by atoms with Crippen LogP contribution < -0.4 is 4.90 Å². The molecule has 1 aliphatic rings. The molecule has 0 radical (unpaired) electrons. The monoisotopic (exact) mass is 319 g/mol. The molecule has 0 saturated heterocycles. The lowest BCUT2D eigenvalue weighted by molar-refractivity contribution is 0.0925. The Morgan fingerprint density at radius 3 is 2.11 bits per heavy atom. The van der Waals surface area contributed by atoms with Crippen molar-refractivity contribution in [3.8, 4) is 0 Å². The highest BCUT2D eigenvalue weighted by molar-refractivity contribution is 9.10. The number of hydrogen-bond acceptors (Lipinski definition) is 2. The Bertz CT molecular complexity index is 679. The molecule has 1 heterocycles. The Labute approximate surface area is 116 Å². The predicted molar refractivity (Wildman–Crippen MR) is 71.7 cm³/mol. The summed E-state index contributed by atoms with van der Waals surface area (Å²) in [7, 11) is 0. The Morgan fingerprint density at radius 1 is 0.947 bits per heavy atom. The zero-order chi connectivity index (χ0) is 13.6. The van der Waals surface area contributed by atoms with Crippen LogP contribution in [0.1, 0.15) is 20.7 Å². The number of carbonyl (C=O) groups is 2. The number of fused-ring (bicyclic) bond motifs is 1. The van der Waals surface area contributed by atoms with Crippen molar-refractivity contribution in [2.24, 2.45) is 0 Å². The molecule has 2 aromatic carbocycles. The van der Waals surface area contributed by atoms with E-state index in [1.807, 2.05) is 0 Å². The number of carbonyl (C=O) groups excluding carboxylic acids is 2. The molecule has 0 bridgehead atoms. The van der Waals surface area contributed by atoms with E-state index >= 15 is 0 Å². The average Bonchev–Trinajstić information content (AvgIpc) is 2.66. The molecule has 0 N–H and O–H groups in total. The second-order valence-corrected chi connectivity index (χ2v) is 5.00. The van der Waals surface area contributed by atoms with E-state index in [0.717, 1.165) is 4.90 Å². The van der Waals surface area contributed by atoms with Gasteiger partial charge in [-0.2, -0.15) is 0 Å². The van der Waals surface area contributed by atoms with Gasteiger partial charge in [0, 0.05) is 4.47 Å². The molecule has 1 aliphatic heterocycles. The minimum atomic E-state index is -0.613. The normalized spacial score (nSPS) is 13.9. The van der Waals surface area contributed by atoms with E-state index in [2.05, 4.69) is 15.9 Å². The number of nitrogens with zero attached hydrogens (tertiary/aromatic N) is 1. The first kappa shape index (κ1) is 12.0. The summed E-state index contributed by atoms with van der Waals surface area (Å²) < 4.78 is 14.4. The number of benzene rings is 2. The van der Waals surface area contributed by atoms with Gasteiger partial charge in [-0.1, -0.05) is 28.1 Å². The molecule has 3 rings (SSSR count). The van der Waals surface area contributed by atoms with Crippen molar-refractivity contribution in [3.05, 3.63) is 63.9 Å². The number of amides is 2. The molecule has 94 valence electrons. The smallest absolute Gasteiger partial charge is 0.266 e. The highest BCUT2D eigenvalue weighted by Crippen LogP contribution is 2.31. The SMILES string of the molecule is O=C1c2ccccc2C(=O)N1c1cc(Br)ccc1F. The number of imide groups is 1. The third-order valence-electron chi connectivity index (χ3n) is 2.94. The summed E-state index contributed by atoms with van der Waals surface area (Å²) in [6.07, 6.45) is 0. The fourth-order valence-electron chi connectivity index (χ4n) is 2.07. The molecule has 5 heteroatoms. The summed E-state index contributed by atoms with van der Waals surface area (Å²) >= 11 is 3.20. The second-order valence-electron chi connectivity index (χ2n) is 4.09. The molecule has 0 fully saturated rings. The molecular weight excluding hydrogens is 313 g/mol. The standard InChI is InChI=1S/C14H7BrFNO2/c15-8-5-6-11(16)12(7-8)17-13(18)9-3-1-2-4-10(9)14(17)19/h1-7H. The van der Waals surface area contributed by atoms with Gasteiger partial charge in [-0.3, -0.25) is 9.59 Å². The van der Waals surface area contributed by atoms with Crippen LogP contribution in [0.5, 0.6) is 0 Å². The third-order valence-corrected chi connectivity index (χ3v) is 3.44. The van der Waals surface area contributed by atoms with E-state index in [-0.39, 0.29) is 5.69 Å². The van der Waals surface area contributed by atoms with Crippen molar-refractivity contribution in [1.82, 2.24) is 0 Å². The van der Waals surface area contributed by atoms with Crippen LogP contribution in [0.2, 0.25) is 0 Å². The Balaban J connectivity index is 2.17. The van der Waals surface area contributed by atoms with Gasteiger partial charge in [0.25, 0.3) is 11.8 Å². The van der Waals surface area contributed by atoms with Crippen LogP contribution in [-0.2, 0) is 0 Å². The lowest BCUT2D eigenvalue weighted by Crippen LogP contribution is -2.30. The number of halogens is 2. The van der Waals surface area contributed by atoms with Crippen LogP contribution in [0.4, 0.5) is 10.1 Å². The van der Waals surface area contributed by atoms with E-state index in [1.165, 1.54) is 18.2 Å². The van der Waals surface area contributed by atoms with Gasteiger partial charge in [0.2, 0.25) is 0 Å². The van der Waals surface area contributed by atoms with E-state index < -0.39 is 17.6 Å². The van der Waals surface area contributed by atoms with Crippen LogP contribution in [-0.4, -0.2) is 11.8 Å².